The second kappa shape index (κ2) is 6.14. The Bertz CT molecular complexity index is 470. The molecule has 0 atom stereocenters. The van der Waals surface area contributed by atoms with E-state index in [1.54, 1.807) is 13.8 Å². The second-order valence-electron chi connectivity index (χ2n) is 4.38. The van der Waals surface area contributed by atoms with E-state index in [2.05, 4.69) is 5.32 Å². The highest BCUT2D eigenvalue weighted by molar-refractivity contribution is 5.94. The Morgan fingerprint density at radius 3 is 2.61 bits per heavy atom. The van der Waals surface area contributed by atoms with Crippen molar-refractivity contribution >= 4 is 17.3 Å². The zero-order valence-corrected chi connectivity index (χ0v) is 10.9. The molecule has 0 unspecified atom stereocenters. The van der Waals surface area contributed by atoms with E-state index in [4.69, 9.17) is 0 Å². The summed E-state index contributed by atoms with van der Waals surface area (Å²) in [5, 5.41) is 13.6. The fourth-order valence-corrected chi connectivity index (χ4v) is 1.79. The van der Waals surface area contributed by atoms with Gasteiger partial charge in [0, 0.05) is 12.5 Å². The smallest absolute Gasteiger partial charge is 0.293 e. The molecule has 1 N–H and O–H groups in total. The molecule has 0 saturated carbocycles. The number of carbonyl (C=O) groups excluding carboxylic acids is 1. The van der Waals surface area contributed by atoms with E-state index in [1.165, 1.54) is 6.07 Å². The molecule has 0 bridgehead atoms. The second-order valence-corrected chi connectivity index (χ2v) is 4.38. The fourth-order valence-electron chi connectivity index (χ4n) is 1.79. The first-order valence-corrected chi connectivity index (χ1v) is 6.01. The van der Waals surface area contributed by atoms with Crippen LogP contribution in [0.25, 0.3) is 0 Å². The summed E-state index contributed by atoms with van der Waals surface area (Å²) in [6, 6.07) is 3.30. The molecule has 5 heteroatoms. The lowest BCUT2D eigenvalue weighted by Crippen LogP contribution is -2.13. The zero-order chi connectivity index (χ0) is 13.7. The minimum absolute atomic E-state index is 0.0441. The molecule has 0 aliphatic rings. The summed E-state index contributed by atoms with van der Waals surface area (Å²) in [7, 11) is 0. The number of aryl methyl sites for hydroxylation is 2. The largest absolute Gasteiger partial charge is 0.320 e. The maximum Gasteiger partial charge on any atom is 0.293 e. The topological polar surface area (TPSA) is 72.2 Å². The highest BCUT2D eigenvalue weighted by Crippen LogP contribution is 2.29. The van der Waals surface area contributed by atoms with Crippen LogP contribution in [0.1, 0.15) is 37.3 Å². The Labute approximate surface area is 106 Å². The van der Waals surface area contributed by atoms with Crippen molar-refractivity contribution in [2.24, 2.45) is 0 Å². The summed E-state index contributed by atoms with van der Waals surface area (Å²) in [5.74, 6) is -0.174. The third kappa shape index (κ3) is 3.55. The average molecular weight is 250 g/mol. The number of hydrogen-bond acceptors (Lipinski definition) is 3. The molecule has 0 saturated heterocycles. The molecule has 0 radical (unpaired) electrons. The lowest BCUT2D eigenvalue weighted by atomic mass is 10.1. The number of unbranched alkanes of at least 4 members (excludes halogenated alkanes) is 1. The molecule has 98 valence electrons. The van der Waals surface area contributed by atoms with Crippen LogP contribution >= 0.6 is 0 Å². The lowest BCUT2D eigenvalue weighted by molar-refractivity contribution is -0.384. The Morgan fingerprint density at radius 2 is 2.06 bits per heavy atom. The van der Waals surface area contributed by atoms with Gasteiger partial charge in [0.15, 0.2) is 0 Å². The van der Waals surface area contributed by atoms with Crippen molar-refractivity contribution < 1.29 is 9.72 Å². The SMILES string of the molecule is CCCCC(=O)Nc1c(C)cc(C)cc1[N+](=O)[O-]. The zero-order valence-electron chi connectivity index (χ0n) is 10.9. The molecule has 18 heavy (non-hydrogen) atoms. The summed E-state index contributed by atoms with van der Waals surface area (Å²) >= 11 is 0. The van der Waals surface area contributed by atoms with Crippen molar-refractivity contribution in [3.63, 3.8) is 0 Å². The molecule has 1 amide bonds. The number of nitrogens with one attached hydrogen (secondary N) is 1. The fraction of sp³-hybridized carbons (Fsp3) is 0.462. The number of nitro groups is 1. The molecule has 0 heterocycles. The minimum Gasteiger partial charge on any atom is -0.320 e. The van der Waals surface area contributed by atoms with Crippen LogP contribution in [0.15, 0.2) is 12.1 Å². The number of carbonyl (C=O) groups is 1. The van der Waals surface area contributed by atoms with Crippen molar-refractivity contribution in [3.05, 3.63) is 33.4 Å². The normalized spacial score (nSPS) is 10.2. The monoisotopic (exact) mass is 250 g/mol. The van der Waals surface area contributed by atoms with Gasteiger partial charge in [0.05, 0.1) is 4.92 Å². The summed E-state index contributed by atoms with van der Waals surface area (Å²) in [6.07, 6.45) is 2.09. The van der Waals surface area contributed by atoms with E-state index < -0.39 is 4.92 Å². The number of benzene rings is 1. The van der Waals surface area contributed by atoms with Crippen molar-refractivity contribution in [3.8, 4) is 0 Å². The van der Waals surface area contributed by atoms with Crippen molar-refractivity contribution in [2.45, 2.75) is 40.0 Å². The summed E-state index contributed by atoms with van der Waals surface area (Å²) in [6.45, 7) is 5.55. The van der Waals surface area contributed by atoms with Crippen LogP contribution in [0.2, 0.25) is 0 Å². The molecule has 0 fully saturated rings. The van der Waals surface area contributed by atoms with E-state index in [0.717, 1.165) is 18.4 Å². The highest BCUT2D eigenvalue weighted by atomic mass is 16.6. The number of amides is 1. The summed E-state index contributed by atoms with van der Waals surface area (Å²) < 4.78 is 0. The van der Waals surface area contributed by atoms with Crippen LogP contribution in [-0.2, 0) is 4.79 Å². The maximum absolute atomic E-state index is 11.6. The number of anilines is 1. The van der Waals surface area contributed by atoms with Crippen molar-refractivity contribution in [1.29, 1.82) is 0 Å². The molecule has 1 rings (SSSR count). The average Bonchev–Trinajstić information content (AvgIpc) is 2.29. The quantitative estimate of drug-likeness (QED) is 0.643. The number of hydrogen-bond donors (Lipinski definition) is 1. The third-order valence-corrected chi connectivity index (χ3v) is 2.68. The Hall–Kier alpha value is -1.91. The van der Waals surface area contributed by atoms with Crippen LogP contribution < -0.4 is 5.32 Å². The first kappa shape index (κ1) is 14.2. The van der Waals surface area contributed by atoms with Gasteiger partial charge in [0.25, 0.3) is 5.69 Å². The standard InChI is InChI=1S/C13H18N2O3/c1-4-5-6-12(16)14-13-10(3)7-9(2)8-11(13)15(17)18/h7-8H,4-6H2,1-3H3,(H,14,16). The molecule has 1 aromatic rings. The summed E-state index contributed by atoms with van der Waals surface area (Å²) in [5.41, 5.74) is 1.79. The van der Waals surface area contributed by atoms with Gasteiger partial charge in [-0.25, -0.2) is 0 Å². The van der Waals surface area contributed by atoms with Gasteiger partial charge >= 0.3 is 0 Å². The highest BCUT2D eigenvalue weighted by Gasteiger charge is 2.18. The van der Waals surface area contributed by atoms with E-state index in [1.807, 2.05) is 13.0 Å². The van der Waals surface area contributed by atoms with Crippen LogP contribution in [0.4, 0.5) is 11.4 Å². The predicted molar refractivity (Wildman–Crippen MR) is 70.7 cm³/mol. The lowest BCUT2D eigenvalue weighted by Gasteiger charge is -2.09. The molecular formula is C13H18N2O3. The van der Waals surface area contributed by atoms with Crippen LogP contribution in [-0.4, -0.2) is 10.8 Å². The summed E-state index contributed by atoms with van der Waals surface area (Å²) in [4.78, 5) is 22.2. The Kier molecular flexibility index (Phi) is 4.83. The Morgan fingerprint density at radius 1 is 1.39 bits per heavy atom. The molecule has 0 aliphatic carbocycles. The van der Waals surface area contributed by atoms with E-state index >= 15 is 0 Å². The third-order valence-electron chi connectivity index (χ3n) is 2.68. The van der Waals surface area contributed by atoms with Gasteiger partial charge < -0.3 is 5.32 Å². The van der Waals surface area contributed by atoms with Crippen molar-refractivity contribution in [1.82, 2.24) is 0 Å². The van der Waals surface area contributed by atoms with Gasteiger partial charge in [0.1, 0.15) is 5.69 Å². The molecule has 1 aromatic carbocycles. The van der Waals surface area contributed by atoms with E-state index in [0.29, 0.717) is 17.7 Å². The molecule has 0 aliphatic heterocycles. The molecular weight excluding hydrogens is 232 g/mol. The first-order valence-electron chi connectivity index (χ1n) is 6.01. The minimum atomic E-state index is -0.463. The number of rotatable bonds is 5. The molecule has 5 nitrogen and oxygen atoms in total. The first-order chi connectivity index (χ1) is 8.45. The Balaban J connectivity index is 3.00. The van der Waals surface area contributed by atoms with Gasteiger partial charge in [0.2, 0.25) is 5.91 Å². The molecule has 0 spiro atoms. The van der Waals surface area contributed by atoms with Crippen LogP contribution in [0, 0.1) is 24.0 Å². The van der Waals surface area contributed by atoms with Crippen molar-refractivity contribution in [2.75, 3.05) is 5.32 Å². The van der Waals surface area contributed by atoms with Crippen LogP contribution in [0.3, 0.4) is 0 Å². The predicted octanol–water partition coefficient (Wildman–Crippen LogP) is 3.34. The van der Waals surface area contributed by atoms with E-state index in [9.17, 15) is 14.9 Å². The van der Waals surface area contributed by atoms with Gasteiger partial charge in [-0.15, -0.1) is 0 Å². The van der Waals surface area contributed by atoms with E-state index in [-0.39, 0.29) is 11.6 Å². The van der Waals surface area contributed by atoms with Gasteiger partial charge in [-0.1, -0.05) is 19.4 Å². The molecule has 0 aromatic heterocycles. The van der Waals surface area contributed by atoms with Gasteiger partial charge in [-0.3, -0.25) is 14.9 Å². The maximum atomic E-state index is 11.6. The van der Waals surface area contributed by atoms with Gasteiger partial charge in [-0.05, 0) is 31.4 Å². The van der Waals surface area contributed by atoms with Gasteiger partial charge in [-0.2, -0.15) is 0 Å². The number of nitrogens with zero attached hydrogens (tertiary/aromatic N) is 1. The van der Waals surface area contributed by atoms with Crippen LogP contribution in [0.5, 0.6) is 0 Å². The number of nitro benzene ring substituents is 1.